The Morgan fingerprint density at radius 3 is 2.15 bits per heavy atom. The van der Waals surface area contributed by atoms with Crippen LogP contribution in [0.3, 0.4) is 0 Å². The summed E-state index contributed by atoms with van der Waals surface area (Å²) in [7, 11) is -2.63. The van der Waals surface area contributed by atoms with Crippen LogP contribution < -0.4 is 14.4 Å². The lowest BCUT2D eigenvalue weighted by Crippen LogP contribution is -2.54. The van der Waals surface area contributed by atoms with Gasteiger partial charge in [-0.2, -0.15) is 0 Å². The van der Waals surface area contributed by atoms with Crippen molar-refractivity contribution in [2.75, 3.05) is 24.2 Å². The molecule has 1 atom stereocenters. The van der Waals surface area contributed by atoms with E-state index in [1.54, 1.807) is 24.3 Å². The van der Waals surface area contributed by atoms with Crippen molar-refractivity contribution in [2.24, 2.45) is 0 Å². The van der Waals surface area contributed by atoms with E-state index >= 15 is 0 Å². The van der Waals surface area contributed by atoms with Crippen LogP contribution in [-0.2, 0) is 32.6 Å². The van der Waals surface area contributed by atoms with Crippen LogP contribution in [0.1, 0.15) is 25.0 Å². The average Bonchev–Trinajstić information content (AvgIpc) is 2.90. The number of anilines is 1. The molecule has 1 N–H and O–H groups in total. The summed E-state index contributed by atoms with van der Waals surface area (Å²) in [5.74, 6) is -0.869. The van der Waals surface area contributed by atoms with Crippen molar-refractivity contribution in [3.63, 3.8) is 0 Å². The fourth-order valence-corrected chi connectivity index (χ4v) is 5.77. The second-order valence-electron chi connectivity index (χ2n) is 9.68. The van der Waals surface area contributed by atoms with Crippen LogP contribution in [0.25, 0.3) is 0 Å². The number of amides is 2. The Morgan fingerprint density at radius 2 is 1.59 bits per heavy atom. The number of nitrogens with zero attached hydrogens (tertiary/aromatic N) is 2. The molecular weight excluding hydrogens is 609 g/mol. The second-order valence-corrected chi connectivity index (χ2v) is 12.8. The summed E-state index contributed by atoms with van der Waals surface area (Å²) in [6, 6.07) is 17.4. The maximum atomic E-state index is 14.2. The standard InChI is InChI=1S/C29H32Cl3N3O5S/c1-19(2)33-29(37)26(15-20-9-6-5-7-10-20)34(17-22-23(31)11-8-12-24(22)32)28(36)18-35(41(4,38)39)25-16-21(30)13-14-27(25)40-3/h5-14,16,19,26H,15,17-18H2,1-4H3,(H,33,37)/t26-/m1/s1. The Bertz CT molecular complexity index is 1470. The monoisotopic (exact) mass is 639 g/mol. The first-order chi connectivity index (χ1) is 19.3. The summed E-state index contributed by atoms with van der Waals surface area (Å²) in [5.41, 5.74) is 1.31. The molecule has 0 aromatic heterocycles. The maximum Gasteiger partial charge on any atom is 0.244 e. The molecule has 0 bridgehead atoms. The van der Waals surface area contributed by atoms with Crippen LogP contribution in [0, 0.1) is 0 Å². The summed E-state index contributed by atoms with van der Waals surface area (Å²) in [5, 5.41) is 3.74. The van der Waals surface area contributed by atoms with Crippen molar-refractivity contribution in [1.29, 1.82) is 0 Å². The van der Waals surface area contributed by atoms with Crippen molar-refractivity contribution >= 4 is 62.3 Å². The van der Waals surface area contributed by atoms with E-state index in [9.17, 15) is 18.0 Å². The van der Waals surface area contributed by atoms with Gasteiger partial charge in [-0.05, 0) is 49.7 Å². The van der Waals surface area contributed by atoms with Gasteiger partial charge in [-0.1, -0.05) is 71.2 Å². The van der Waals surface area contributed by atoms with Gasteiger partial charge in [0.2, 0.25) is 21.8 Å². The van der Waals surface area contributed by atoms with E-state index in [0.29, 0.717) is 15.6 Å². The summed E-state index contributed by atoms with van der Waals surface area (Å²) in [4.78, 5) is 29.1. The van der Waals surface area contributed by atoms with Crippen molar-refractivity contribution in [1.82, 2.24) is 10.2 Å². The smallest absolute Gasteiger partial charge is 0.244 e. The molecule has 0 radical (unpaired) electrons. The van der Waals surface area contributed by atoms with Gasteiger partial charge in [0, 0.05) is 39.6 Å². The third-order valence-electron chi connectivity index (χ3n) is 6.18. The van der Waals surface area contributed by atoms with Gasteiger partial charge >= 0.3 is 0 Å². The number of rotatable bonds is 12. The molecule has 3 aromatic rings. The first kappa shape index (κ1) is 32.5. The fourth-order valence-electron chi connectivity index (χ4n) is 4.24. The van der Waals surface area contributed by atoms with Gasteiger partial charge in [-0.15, -0.1) is 0 Å². The first-order valence-corrected chi connectivity index (χ1v) is 15.7. The van der Waals surface area contributed by atoms with E-state index in [0.717, 1.165) is 16.1 Å². The minimum absolute atomic E-state index is 0.0813. The number of benzene rings is 3. The molecule has 41 heavy (non-hydrogen) atoms. The number of carbonyl (C=O) groups is 2. The minimum atomic E-state index is -4.01. The molecule has 0 heterocycles. The number of sulfonamides is 1. The summed E-state index contributed by atoms with van der Waals surface area (Å²) in [6.07, 6.45) is 1.13. The van der Waals surface area contributed by atoms with E-state index in [-0.39, 0.29) is 35.5 Å². The van der Waals surface area contributed by atoms with E-state index < -0.39 is 34.4 Å². The fraction of sp³-hybridized carbons (Fsp3) is 0.310. The molecule has 0 fully saturated rings. The minimum Gasteiger partial charge on any atom is -0.495 e. The largest absolute Gasteiger partial charge is 0.495 e. The zero-order valence-corrected chi connectivity index (χ0v) is 26.2. The number of methoxy groups -OCH3 is 1. The van der Waals surface area contributed by atoms with Gasteiger partial charge in [0.15, 0.2) is 0 Å². The zero-order valence-electron chi connectivity index (χ0n) is 23.1. The lowest BCUT2D eigenvalue weighted by atomic mass is 10.0. The summed E-state index contributed by atoms with van der Waals surface area (Å²) >= 11 is 19.1. The normalized spacial score (nSPS) is 12.1. The van der Waals surface area contributed by atoms with E-state index in [1.807, 2.05) is 44.2 Å². The Balaban J connectivity index is 2.14. The molecule has 0 aliphatic carbocycles. The van der Waals surface area contributed by atoms with Crippen molar-refractivity contribution < 1.29 is 22.7 Å². The predicted molar refractivity (Wildman–Crippen MR) is 164 cm³/mol. The Morgan fingerprint density at radius 1 is 0.951 bits per heavy atom. The molecule has 0 saturated carbocycles. The highest BCUT2D eigenvalue weighted by Crippen LogP contribution is 2.33. The van der Waals surface area contributed by atoms with Crippen molar-refractivity contribution in [3.8, 4) is 5.75 Å². The van der Waals surface area contributed by atoms with Crippen molar-refractivity contribution in [3.05, 3.63) is 92.9 Å². The van der Waals surface area contributed by atoms with Gasteiger partial charge < -0.3 is 15.0 Å². The molecule has 2 amide bonds. The highest BCUT2D eigenvalue weighted by atomic mass is 35.5. The first-order valence-electron chi connectivity index (χ1n) is 12.7. The molecule has 0 aliphatic heterocycles. The number of ether oxygens (including phenoxy) is 1. The van der Waals surface area contributed by atoms with Gasteiger partial charge in [-0.25, -0.2) is 8.42 Å². The number of hydrogen-bond donors (Lipinski definition) is 1. The SMILES string of the molecule is COc1ccc(Cl)cc1N(CC(=O)N(Cc1c(Cl)cccc1Cl)[C@H](Cc1ccccc1)C(=O)NC(C)C)S(C)(=O)=O. The average molecular weight is 641 g/mol. The lowest BCUT2D eigenvalue weighted by Gasteiger charge is -2.34. The summed E-state index contributed by atoms with van der Waals surface area (Å²) < 4.78 is 32.3. The molecule has 3 aromatic carbocycles. The molecule has 0 saturated heterocycles. The molecule has 8 nitrogen and oxygen atoms in total. The number of carbonyl (C=O) groups excluding carboxylic acids is 2. The van der Waals surface area contributed by atoms with Crippen LogP contribution >= 0.6 is 34.8 Å². The second kappa shape index (κ2) is 14.3. The predicted octanol–water partition coefficient (Wildman–Crippen LogP) is 5.59. The molecule has 0 aliphatic rings. The Labute approximate surface area is 256 Å². The van der Waals surface area contributed by atoms with Crippen LogP contribution in [0.2, 0.25) is 15.1 Å². The van der Waals surface area contributed by atoms with Gasteiger partial charge in [0.25, 0.3) is 0 Å². The molecular formula is C29H32Cl3N3O5S. The highest BCUT2D eigenvalue weighted by Gasteiger charge is 2.34. The topological polar surface area (TPSA) is 96.0 Å². The number of hydrogen-bond acceptors (Lipinski definition) is 5. The molecule has 0 spiro atoms. The van der Waals surface area contributed by atoms with Crippen LogP contribution in [0.4, 0.5) is 5.69 Å². The summed E-state index contributed by atoms with van der Waals surface area (Å²) in [6.45, 7) is 2.83. The Kier molecular flexibility index (Phi) is 11.3. The molecule has 0 unspecified atom stereocenters. The van der Waals surface area contributed by atoms with Crippen LogP contribution in [0.5, 0.6) is 5.75 Å². The van der Waals surface area contributed by atoms with E-state index in [4.69, 9.17) is 39.5 Å². The lowest BCUT2D eigenvalue weighted by molar-refractivity contribution is -0.140. The van der Waals surface area contributed by atoms with Crippen molar-refractivity contribution in [2.45, 2.75) is 38.9 Å². The number of halogens is 3. The number of nitrogens with one attached hydrogen (secondary N) is 1. The maximum absolute atomic E-state index is 14.2. The van der Waals surface area contributed by atoms with E-state index in [1.165, 1.54) is 24.1 Å². The zero-order chi connectivity index (χ0) is 30.3. The van der Waals surface area contributed by atoms with Gasteiger partial charge in [0.05, 0.1) is 19.1 Å². The highest BCUT2D eigenvalue weighted by molar-refractivity contribution is 7.92. The third-order valence-corrected chi connectivity index (χ3v) is 8.25. The Hall–Kier alpha value is -2.98. The van der Waals surface area contributed by atoms with Crippen LogP contribution in [0.15, 0.2) is 66.7 Å². The third kappa shape index (κ3) is 8.75. The van der Waals surface area contributed by atoms with Gasteiger partial charge in [0.1, 0.15) is 18.3 Å². The van der Waals surface area contributed by atoms with Gasteiger partial charge in [-0.3, -0.25) is 13.9 Å². The molecule has 220 valence electrons. The van der Waals surface area contributed by atoms with Crippen LogP contribution in [-0.4, -0.2) is 57.1 Å². The van der Waals surface area contributed by atoms with E-state index in [2.05, 4.69) is 5.32 Å². The quantitative estimate of drug-likeness (QED) is 0.279. The molecule has 3 rings (SSSR count). The molecule has 12 heteroatoms.